The van der Waals surface area contributed by atoms with E-state index in [2.05, 4.69) is 19.9 Å². The van der Waals surface area contributed by atoms with Crippen LogP contribution in [0.2, 0.25) is 0 Å². The summed E-state index contributed by atoms with van der Waals surface area (Å²) >= 11 is 0. The van der Waals surface area contributed by atoms with Crippen LogP contribution < -0.4 is 0 Å². The molecule has 0 radical (unpaired) electrons. The smallest absolute Gasteiger partial charge is 0.126 e. The summed E-state index contributed by atoms with van der Waals surface area (Å²) in [6.45, 7) is 8.22. The first-order valence-electron chi connectivity index (χ1n) is 6.19. The minimum atomic E-state index is -0.0945. The van der Waals surface area contributed by atoms with Crippen molar-refractivity contribution in [1.82, 2.24) is 0 Å². The molecule has 1 aromatic rings. The Bertz CT molecular complexity index is 313. The molecule has 0 unspecified atom stereocenters. The summed E-state index contributed by atoms with van der Waals surface area (Å²) in [7, 11) is 0. The molecule has 0 aromatic heterocycles. The van der Waals surface area contributed by atoms with E-state index in [4.69, 9.17) is 0 Å². The summed E-state index contributed by atoms with van der Waals surface area (Å²) < 4.78 is 13.3. The van der Waals surface area contributed by atoms with Crippen molar-refractivity contribution in [3.63, 3.8) is 0 Å². The first kappa shape index (κ1) is 14.9. The highest BCUT2D eigenvalue weighted by atomic mass is 19.1. The maximum absolute atomic E-state index is 13.3. The summed E-state index contributed by atoms with van der Waals surface area (Å²) in [5.74, 6) is -0.0945. The van der Waals surface area contributed by atoms with Crippen molar-refractivity contribution < 1.29 is 4.39 Å². The first-order valence-corrected chi connectivity index (χ1v) is 6.19. The molecule has 0 fully saturated rings. The van der Waals surface area contributed by atoms with E-state index in [1.807, 2.05) is 26.0 Å². The third-order valence-electron chi connectivity index (χ3n) is 2.32. The van der Waals surface area contributed by atoms with Crippen LogP contribution in [0.3, 0.4) is 0 Å². The molecule has 1 rings (SSSR count). The van der Waals surface area contributed by atoms with Crippen LogP contribution >= 0.6 is 0 Å². The SMILES string of the molecule is CC.CC/C=C(/CC)Cc1ccccc1F. The molecule has 90 valence electrons. The summed E-state index contributed by atoms with van der Waals surface area (Å²) in [6.07, 6.45) is 4.96. The predicted octanol–water partition coefficient (Wildman–Crippen LogP) is 5.14. The topological polar surface area (TPSA) is 0 Å². The van der Waals surface area contributed by atoms with E-state index < -0.39 is 0 Å². The molecule has 0 bridgehead atoms. The van der Waals surface area contributed by atoms with Gasteiger partial charge in [-0.05, 0) is 30.9 Å². The summed E-state index contributed by atoms with van der Waals surface area (Å²) in [4.78, 5) is 0. The van der Waals surface area contributed by atoms with Crippen LogP contribution in [0.1, 0.15) is 46.1 Å². The Morgan fingerprint density at radius 1 is 1.19 bits per heavy atom. The molecule has 0 aliphatic carbocycles. The van der Waals surface area contributed by atoms with Gasteiger partial charge in [0.2, 0.25) is 0 Å². The summed E-state index contributed by atoms with van der Waals surface area (Å²) in [5.41, 5.74) is 2.12. The van der Waals surface area contributed by atoms with Crippen LogP contribution in [0.25, 0.3) is 0 Å². The first-order chi connectivity index (χ1) is 7.77. The van der Waals surface area contributed by atoms with E-state index in [0.717, 1.165) is 24.8 Å². The number of hydrogen-bond donors (Lipinski definition) is 0. The van der Waals surface area contributed by atoms with Gasteiger partial charge < -0.3 is 0 Å². The number of allylic oxidation sites excluding steroid dienone is 2. The molecule has 0 heterocycles. The fourth-order valence-electron chi connectivity index (χ4n) is 1.52. The van der Waals surface area contributed by atoms with E-state index >= 15 is 0 Å². The van der Waals surface area contributed by atoms with Crippen molar-refractivity contribution in [1.29, 1.82) is 0 Å². The molecule has 1 heteroatoms. The highest BCUT2D eigenvalue weighted by Gasteiger charge is 2.02. The maximum Gasteiger partial charge on any atom is 0.126 e. The van der Waals surface area contributed by atoms with Gasteiger partial charge >= 0.3 is 0 Å². The van der Waals surface area contributed by atoms with E-state index in [0.29, 0.717) is 0 Å². The average Bonchev–Trinajstić information content (AvgIpc) is 2.34. The van der Waals surface area contributed by atoms with Crippen molar-refractivity contribution in [2.75, 3.05) is 0 Å². The summed E-state index contributed by atoms with van der Waals surface area (Å²) in [6, 6.07) is 6.99. The van der Waals surface area contributed by atoms with Gasteiger partial charge in [-0.3, -0.25) is 0 Å². The lowest BCUT2D eigenvalue weighted by atomic mass is 10.0. The zero-order valence-electron chi connectivity index (χ0n) is 10.9. The number of rotatable bonds is 4. The maximum atomic E-state index is 13.3. The van der Waals surface area contributed by atoms with Gasteiger partial charge in [0.1, 0.15) is 5.82 Å². The van der Waals surface area contributed by atoms with Gasteiger partial charge in [-0.2, -0.15) is 0 Å². The van der Waals surface area contributed by atoms with Crippen molar-refractivity contribution in [3.05, 3.63) is 47.3 Å². The Labute approximate surface area is 99.2 Å². The molecule has 0 N–H and O–H groups in total. The fourth-order valence-corrected chi connectivity index (χ4v) is 1.52. The average molecular weight is 222 g/mol. The molecule has 0 saturated carbocycles. The number of benzene rings is 1. The van der Waals surface area contributed by atoms with Crippen LogP contribution in [0.5, 0.6) is 0 Å². The highest BCUT2D eigenvalue weighted by Crippen LogP contribution is 2.14. The monoisotopic (exact) mass is 222 g/mol. The standard InChI is InChI=1S/C13H17F.C2H6/c1-3-7-11(4-2)10-12-8-5-6-9-13(12)14;1-2/h5-9H,3-4,10H2,1-2H3;1-2H3/b11-7-;. The number of halogens is 1. The lowest BCUT2D eigenvalue weighted by Crippen LogP contribution is -1.93. The Balaban J connectivity index is 0.00000106. The Kier molecular flexibility index (Phi) is 8.51. The molecular weight excluding hydrogens is 199 g/mol. The predicted molar refractivity (Wildman–Crippen MR) is 70.1 cm³/mol. The largest absolute Gasteiger partial charge is 0.207 e. The van der Waals surface area contributed by atoms with E-state index in [9.17, 15) is 4.39 Å². The van der Waals surface area contributed by atoms with Crippen LogP contribution in [-0.2, 0) is 6.42 Å². The molecule has 0 aliphatic rings. The summed E-state index contributed by atoms with van der Waals surface area (Å²) in [5, 5.41) is 0. The van der Waals surface area contributed by atoms with Crippen molar-refractivity contribution in [2.24, 2.45) is 0 Å². The Hall–Kier alpha value is -1.11. The zero-order valence-corrected chi connectivity index (χ0v) is 10.9. The fraction of sp³-hybridized carbons (Fsp3) is 0.467. The van der Waals surface area contributed by atoms with E-state index in [1.165, 1.54) is 11.6 Å². The molecule has 0 saturated heterocycles. The zero-order chi connectivity index (χ0) is 12.4. The highest BCUT2D eigenvalue weighted by molar-refractivity contribution is 5.23. The van der Waals surface area contributed by atoms with Gasteiger partial charge in [0.15, 0.2) is 0 Å². The Morgan fingerprint density at radius 3 is 2.31 bits per heavy atom. The minimum Gasteiger partial charge on any atom is -0.207 e. The third-order valence-corrected chi connectivity index (χ3v) is 2.32. The van der Waals surface area contributed by atoms with Crippen molar-refractivity contribution in [2.45, 2.75) is 47.0 Å². The second kappa shape index (κ2) is 9.14. The lowest BCUT2D eigenvalue weighted by molar-refractivity contribution is 0.612. The minimum absolute atomic E-state index is 0.0945. The molecular formula is C15H23F. The van der Waals surface area contributed by atoms with Crippen LogP contribution in [0, 0.1) is 5.82 Å². The molecule has 0 amide bonds. The quantitative estimate of drug-likeness (QED) is 0.619. The molecule has 0 atom stereocenters. The number of hydrogen-bond acceptors (Lipinski definition) is 0. The van der Waals surface area contributed by atoms with Gasteiger partial charge in [-0.1, -0.05) is 57.5 Å². The Morgan fingerprint density at radius 2 is 1.81 bits per heavy atom. The van der Waals surface area contributed by atoms with Crippen molar-refractivity contribution in [3.8, 4) is 0 Å². The van der Waals surface area contributed by atoms with E-state index in [-0.39, 0.29) is 5.82 Å². The lowest BCUT2D eigenvalue weighted by Gasteiger charge is -2.05. The van der Waals surface area contributed by atoms with Crippen molar-refractivity contribution >= 4 is 0 Å². The van der Waals surface area contributed by atoms with Gasteiger partial charge in [0.25, 0.3) is 0 Å². The molecule has 0 aliphatic heterocycles. The van der Waals surface area contributed by atoms with Crippen LogP contribution in [-0.4, -0.2) is 0 Å². The van der Waals surface area contributed by atoms with Gasteiger partial charge in [-0.25, -0.2) is 4.39 Å². The van der Waals surface area contributed by atoms with E-state index in [1.54, 1.807) is 6.07 Å². The third kappa shape index (κ3) is 5.11. The molecule has 16 heavy (non-hydrogen) atoms. The van der Waals surface area contributed by atoms with Crippen LogP contribution in [0.15, 0.2) is 35.9 Å². The van der Waals surface area contributed by atoms with Gasteiger partial charge in [0.05, 0.1) is 0 Å². The van der Waals surface area contributed by atoms with Gasteiger partial charge in [0, 0.05) is 0 Å². The second-order valence-corrected chi connectivity index (χ2v) is 3.39. The second-order valence-electron chi connectivity index (χ2n) is 3.39. The molecule has 1 aromatic carbocycles. The molecule has 0 spiro atoms. The molecule has 0 nitrogen and oxygen atoms in total. The van der Waals surface area contributed by atoms with Gasteiger partial charge in [-0.15, -0.1) is 0 Å². The normalized spacial score (nSPS) is 10.7. The van der Waals surface area contributed by atoms with Crippen LogP contribution in [0.4, 0.5) is 4.39 Å².